The van der Waals surface area contributed by atoms with Gasteiger partial charge in [-0.05, 0) is 19.9 Å². The Morgan fingerprint density at radius 3 is 2.72 bits per heavy atom. The van der Waals surface area contributed by atoms with Gasteiger partial charge in [0.05, 0.1) is 23.4 Å². The van der Waals surface area contributed by atoms with Crippen molar-refractivity contribution in [1.29, 1.82) is 0 Å². The Morgan fingerprint density at radius 1 is 1.39 bits per heavy atom. The van der Waals surface area contributed by atoms with Crippen LogP contribution in [-0.4, -0.2) is 17.1 Å². The van der Waals surface area contributed by atoms with Crippen LogP contribution in [0.1, 0.15) is 29.3 Å². The number of benzene rings is 1. The second-order valence-corrected chi connectivity index (χ2v) is 5.51. The minimum Gasteiger partial charge on any atom is -0.389 e. The molecule has 1 unspecified atom stereocenters. The van der Waals surface area contributed by atoms with E-state index in [1.165, 1.54) is 0 Å². The van der Waals surface area contributed by atoms with E-state index in [1.54, 1.807) is 18.3 Å². The lowest BCUT2D eigenvalue weighted by Crippen LogP contribution is -2.18. The molecule has 0 aliphatic rings. The first kappa shape index (κ1) is 13.1. The van der Waals surface area contributed by atoms with Gasteiger partial charge in [-0.2, -0.15) is 0 Å². The van der Waals surface area contributed by atoms with Gasteiger partial charge in [0, 0.05) is 23.7 Å². The van der Waals surface area contributed by atoms with Gasteiger partial charge in [0.25, 0.3) is 0 Å². The molecule has 3 nitrogen and oxygen atoms in total. The fourth-order valence-corrected chi connectivity index (χ4v) is 2.60. The highest BCUT2D eigenvalue weighted by Crippen LogP contribution is 2.26. The van der Waals surface area contributed by atoms with Crippen molar-refractivity contribution in [2.75, 3.05) is 11.9 Å². The molecule has 0 aliphatic carbocycles. The molecular formula is C14H18N2OS. The molecule has 2 aromatic rings. The van der Waals surface area contributed by atoms with E-state index >= 15 is 0 Å². The van der Waals surface area contributed by atoms with Crippen molar-refractivity contribution in [1.82, 2.24) is 4.98 Å². The number of aliphatic hydroxyl groups excluding tert-OH is 1. The van der Waals surface area contributed by atoms with Gasteiger partial charge >= 0.3 is 0 Å². The summed E-state index contributed by atoms with van der Waals surface area (Å²) in [6, 6.07) is 7.93. The number of hydrogen-bond acceptors (Lipinski definition) is 4. The summed E-state index contributed by atoms with van der Waals surface area (Å²) in [7, 11) is 2.02. The minimum atomic E-state index is -0.458. The molecule has 0 saturated heterocycles. The number of aryl methyl sites for hydroxylation is 1. The van der Waals surface area contributed by atoms with Gasteiger partial charge in [0.1, 0.15) is 0 Å². The average Bonchev–Trinajstić information content (AvgIpc) is 2.74. The number of para-hydroxylation sites is 1. The molecular weight excluding hydrogens is 244 g/mol. The van der Waals surface area contributed by atoms with E-state index in [1.807, 2.05) is 38.2 Å². The Kier molecular flexibility index (Phi) is 3.99. The Balaban J connectivity index is 2.20. The Morgan fingerprint density at radius 2 is 2.11 bits per heavy atom. The molecule has 1 N–H and O–H groups in total. The van der Waals surface area contributed by atoms with Gasteiger partial charge in [-0.3, -0.25) is 0 Å². The van der Waals surface area contributed by atoms with Gasteiger partial charge in [-0.15, -0.1) is 11.3 Å². The highest BCUT2D eigenvalue weighted by molar-refractivity contribution is 7.09. The van der Waals surface area contributed by atoms with Crippen molar-refractivity contribution in [3.8, 4) is 0 Å². The van der Waals surface area contributed by atoms with Crippen LogP contribution >= 0.6 is 11.3 Å². The van der Waals surface area contributed by atoms with E-state index < -0.39 is 6.10 Å². The lowest BCUT2D eigenvalue weighted by atomic mass is 10.1. The number of thiazole rings is 1. The van der Waals surface area contributed by atoms with Crippen LogP contribution in [0.15, 0.2) is 29.6 Å². The van der Waals surface area contributed by atoms with Gasteiger partial charge in [0.2, 0.25) is 0 Å². The second-order valence-electron chi connectivity index (χ2n) is 4.45. The molecule has 18 heavy (non-hydrogen) atoms. The first-order chi connectivity index (χ1) is 8.58. The van der Waals surface area contributed by atoms with Crippen molar-refractivity contribution in [3.63, 3.8) is 0 Å². The summed E-state index contributed by atoms with van der Waals surface area (Å²) >= 11 is 1.66. The van der Waals surface area contributed by atoms with Crippen LogP contribution in [0.25, 0.3) is 0 Å². The van der Waals surface area contributed by atoms with E-state index in [4.69, 9.17) is 0 Å². The summed E-state index contributed by atoms with van der Waals surface area (Å²) in [6.07, 6.45) is -0.458. The smallest absolute Gasteiger partial charge is 0.0898 e. The van der Waals surface area contributed by atoms with Gasteiger partial charge in [-0.25, -0.2) is 4.98 Å². The predicted molar refractivity (Wildman–Crippen MR) is 76.0 cm³/mol. The maximum absolute atomic E-state index is 9.78. The molecule has 0 aliphatic heterocycles. The van der Waals surface area contributed by atoms with Crippen molar-refractivity contribution in [3.05, 3.63) is 45.9 Å². The number of anilines is 1. The van der Waals surface area contributed by atoms with Crippen LogP contribution in [-0.2, 0) is 6.54 Å². The molecule has 2 rings (SSSR count). The van der Waals surface area contributed by atoms with E-state index in [-0.39, 0.29) is 0 Å². The fraction of sp³-hybridized carbons (Fsp3) is 0.357. The standard InChI is InChI=1S/C14H18N2OS/c1-10(17)13-6-4-5-7-14(13)16(3)8-12-9-18-11(2)15-12/h4-7,9-10,17H,8H2,1-3H3. The number of aromatic nitrogens is 1. The third-order valence-corrected chi connectivity index (χ3v) is 3.69. The maximum Gasteiger partial charge on any atom is 0.0898 e. The van der Waals surface area contributed by atoms with Crippen LogP contribution in [0.2, 0.25) is 0 Å². The van der Waals surface area contributed by atoms with Crippen molar-refractivity contribution in [2.24, 2.45) is 0 Å². The SMILES string of the molecule is Cc1nc(CN(C)c2ccccc2C(C)O)cs1. The number of aliphatic hydroxyl groups is 1. The van der Waals surface area contributed by atoms with Gasteiger partial charge in [0.15, 0.2) is 0 Å². The van der Waals surface area contributed by atoms with E-state index in [0.717, 1.165) is 28.5 Å². The van der Waals surface area contributed by atoms with E-state index in [2.05, 4.69) is 15.3 Å². The lowest BCUT2D eigenvalue weighted by Gasteiger charge is -2.22. The summed E-state index contributed by atoms with van der Waals surface area (Å²) in [4.78, 5) is 6.59. The van der Waals surface area contributed by atoms with Crippen molar-refractivity contribution >= 4 is 17.0 Å². The third-order valence-electron chi connectivity index (χ3n) is 2.86. The largest absolute Gasteiger partial charge is 0.389 e. The fourth-order valence-electron chi connectivity index (χ4n) is 2.00. The third kappa shape index (κ3) is 2.89. The molecule has 4 heteroatoms. The number of hydrogen-bond donors (Lipinski definition) is 1. The zero-order valence-electron chi connectivity index (χ0n) is 10.9. The lowest BCUT2D eigenvalue weighted by molar-refractivity contribution is 0.199. The van der Waals surface area contributed by atoms with Gasteiger partial charge in [-0.1, -0.05) is 18.2 Å². The quantitative estimate of drug-likeness (QED) is 0.919. The monoisotopic (exact) mass is 262 g/mol. The number of nitrogens with zero attached hydrogens (tertiary/aromatic N) is 2. The Bertz CT molecular complexity index is 522. The Hall–Kier alpha value is -1.39. The zero-order chi connectivity index (χ0) is 13.1. The minimum absolute atomic E-state index is 0.458. The van der Waals surface area contributed by atoms with Crippen LogP contribution in [0.5, 0.6) is 0 Å². The second kappa shape index (κ2) is 5.50. The average molecular weight is 262 g/mol. The topological polar surface area (TPSA) is 36.4 Å². The van der Waals surface area contributed by atoms with E-state index in [9.17, 15) is 5.11 Å². The van der Waals surface area contributed by atoms with Crippen molar-refractivity contribution < 1.29 is 5.11 Å². The summed E-state index contributed by atoms with van der Waals surface area (Å²) in [6.45, 7) is 4.56. The molecule has 96 valence electrons. The molecule has 0 bridgehead atoms. The molecule has 1 atom stereocenters. The summed E-state index contributed by atoms with van der Waals surface area (Å²) in [5.74, 6) is 0. The predicted octanol–water partition coefficient (Wildman–Crippen LogP) is 3.14. The molecule has 1 heterocycles. The highest BCUT2D eigenvalue weighted by atomic mass is 32.1. The molecule has 0 fully saturated rings. The number of rotatable bonds is 4. The zero-order valence-corrected chi connectivity index (χ0v) is 11.7. The first-order valence-electron chi connectivity index (χ1n) is 5.97. The normalized spacial score (nSPS) is 12.4. The van der Waals surface area contributed by atoms with Crippen LogP contribution < -0.4 is 4.90 Å². The van der Waals surface area contributed by atoms with Gasteiger partial charge < -0.3 is 10.0 Å². The molecule has 0 radical (unpaired) electrons. The Labute approximate surface area is 112 Å². The van der Waals surface area contributed by atoms with Crippen molar-refractivity contribution in [2.45, 2.75) is 26.5 Å². The van der Waals surface area contributed by atoms with Crippen LogP contribution in [0.3, 0.4) is 0 Å². The van der Waals surface area contributed by atoms with E-state index in [0.29, 0.717) is 0 Å². The molecule has 1 aromatic carbocycles. The molecule has 0 saturated carbocycles. The maximum atomic E-state index is 9.78. The summed E-state index contributed by atoms with van der Waals surface area (Å²) in [5, 5.41) is 12.9. The summed E-state index contributed by atoms with van der Waals surface area (Å²) < 4.78 is 0. The molecule has 0 amide bonds. The van der Waals surface area contributed by atoms with Crippen LogP contribution in [0, 0.1) is 6.92 Å². The van der Waals surface area contributed by atoms with Crippen LogP contribution in [0.4, 0.5) is 5.69 Å². The highest BCUT2D eigenvalue weighted by Gasteiger charge is 2.12. The molecule has 1 aromatic heterocycles. The summed E-state index contributed by atoms with van der Waals surface area (Å²) in [5.41, 5.74) is 3.07. The molecule has 0 spiro atoms. The first-order valence-corrected chi connectivity index (χ1v) is 6.85.